The predicted octanol–water partition coefficient (Wildman–Crippen LogP) is 4.37. The van der Waals surface area contributed by atoms with Gasteiger partial charge in [-0.15, -0.1) is 0 Å². The highest BCUT2D eigenvalue weighted by atomic mass is 16.2. The average molecular weight is 437 g/mol. The number of aromatic nitrogens is 2. The Morgan fingerprint density at radius 1 is 0.909 bits per heavy atom. The molecule has 4 aromatic rings. The van der Waals surface area contributed by atoms with E-state index in [4.69, 9.17) is 5.10 Å². The molecular formula is C27H24N4O2. The Labute approximate surface area is 192 Å². The fourth-order valence-electron chi connectivity index (χ4n) is 4.40. The summed E-state index contributed by atoms with van der Waals surface area (Å²) < 4.78 is 1.76. The minimum absolute atomic E-state index is 0.269. The molecule has 0 bridgehead atoms. The van der Waals surface area contributed by atoms with Gasteiger partial charge >= 0.3 is 0 Å². The number of carbonyl (C=O) groups is 2. The van der Waals surface area contributed by atoms with E-state index in [0.29, 0.717) is 11.4 Å². The molecule has 6 heteroatoms. The Morgan fingerprint density at radius 2 is 1.55 bits per heavy atom. The van der Waals surface area contributed by atoms with Crippen molar-refractivity contribution in [3.8, 4) is 5.69 Å². The summed E-state index contributed by atoms with van der Waals surface area (Å²) >= 11 is 0. The molecule has 1 aromatic heterocycles. The Hall–Kier alpha value is -4.19. The largest absolute Gasteiger partial charge is 0.339 e. The summed E-state index contributed by atoms with van der Waals surface area (Å²) in [4.78, 5) is 26.4. The van der Waals surface area contributed by atoms with Crippen LogP contribution >= 0.6 is 0 Å². The van der Waals surface area contributed by atoms with Gasteiger partial charge in [-0.05, 0) is 43.7 Å². The van der Waals surface area contributed by atoms with Crippen LogP contribution in [0.4, 0.5) is 5.82 Å². The fourth-order valence-corrected chi connectivity index (χ4v) is 4.40. The summed E-state index contributed by atoms with van der Waals surface area (Å²) in [5.74, 6) is -0.294. The molecule has 5 rings (SSSR count). The van der Waals surface area contributed by atoms with Crippen LogP contribution in [-0.2, 0) is 4.79 Å². The number of hydrogen-bond donors (Lipinski definition) is 2. The summed E-state index contributed by atoms with van der Waals surface area (Å²) in [7, 11) is 0. The Morgan fingerprint density at radius 3 is 2.21 bits per heavy atom. The fraction of sp³-hybridized carbons (Fsp3) is 0.148. The lowest BCUT2D eigenvalue weighted by molar-refractivity contribution is -0.118. The van der Waals surface area contributed by atoms with E-state index in [1.807, 2.05) is 74.5 Å². The number of para-hydroxylation sites is 1. The van der Waals surface area contributed by atoms with Gasteiger partial charge in [0.05, 0.1) is 11.4 Å². The number of nitrogens with one attached hydrogen (secondary N) is 2. The van der Waals surface area contributed by atoms with Crippen molar-refractivity contribution < 1.29 is 9.59 Å². The highest BCUT2D eigenvalue weighted by Gasteiger charge is 2.41. The molecular weight excluding hydrogens is 412 g/mol. The number of nitrogens with zero attached hydrogens (tertiary/aromatic N) is 2. The van der Waals surface area contributed by atoms with Crippen molar-refractivity contribution in [2.24, 2.45) is 0 Å². The monoisotopic (exact) mass is 436 g/mol. The third-order valence-corrected chi connectivity index (χ3v) is 6.03. The Balaban J connectivity index is 1.63. The van der Waals surface area contributed by atoms with Crippen molar-refractivity contribution in [2.45, 2.75) is 25.8 Å². The number of aryl methyl sites for hydroxylation is 2. The summed E-state index contributed by atoms with van der Waals surface area (Å²) in [5, 5.41) is 10.7. The number of anilines is 1. The Kier molecular flexibility index (Phi) is 5.26. The van der Waals surface area contributed by atoms with Gasteiger partial charge in [-0.1, -0.05) is 66.2 Å². The van der Waals surface area contributed by atoms with Crippen molar-refractivity contribution in [1.82, 2.24) is 15.1 Å². The van der Waals surface area contributed by atoms with Crippen molar-refractivity contribution in [3.05, 3.63) is 113 Å². The highest BCUT2D eigenvalue weighted by molar-refractivity contribution is 6.04. The van der Waals surface area contributed by atoms with Crippen LogP contribution in [0, 0.1) is 13.8 Å². The maximum absolute atomic E-state index is 13.4. The van der Waals surface area contributed by atoms with E-state index < -0.39 is 6.04 Å². The second-order valence-corrected chi connectivity index (χ2v) is 8.29. The maximum Gasteiger partial charge on any atom is 0.251 e. The topological polar surface area (TPSA) is 76.0 Å². The van der Waals surface area contributed by atoms with Crippen molar-refractivity contribution >= 4 is 17.6 Å². The first kappa shape index (κ1) is 20.7. The van der Waals surface area contributed by atoms with Crippen LogP contribution < -0.4 is 10.6 Å². The van der Waals surface area contributed by atoms with Gasteiger partial charge in [-0.25, -0.2) is 4.68 Å². The summed E-state index contributed by atoms with van der Waals surface area (Å²) in [6.07, 6.45) is 0. The van der Waals surface area contributed by atoms with Crippen molar-refractivity contribution in [2.75, 3.05) is 5.32 Å². The molecule has 0 unspecified atom stereocenters. The third-order valence-electron chi connectivity index (χ3n) is 6.03. The van der Waals surface area contributed by atoms with Gasteiger partial charge in [0, 0.05) is 17.0 Å². The van der Waals surface area contributed by atoms with Gasteiger partial charge in [0.25, 0.3) is 5.91 Å². The molecule has 6 nitrogen and oxygen atoms in total. The smallest absolute Gasteiger partial charge is 0.251 e. The van der Waals surface area contributed by atoms with Crippen LogP contribution in [0.3, 0.4) is 0 Å². The molecule has 33 heavy (non-hydrogen) atoms. The second kappa shape index (κ2) is 8.39. The minimum atomic E-state index is -0.778. The van der Waals surface area contributed by atoms with E-state index >= 15 is 0 Å². The van der Waals surface area contributed by atoms with E-state index in [1.54, 1.807) is 28.9 Å². The molecule has 1 aliphatic rings. The number of hydrogen-bond acceptors (Lipinski definition) is 3. The SMILES string of the molecule is Cc1ccc([C@@H]2c3c(C)nn(-c4ccccc4)c3NC(=O)[C@H]2NC(=O)c2ccccc2)cc1. The standard InChI is InChI=1S/C27H24N4O2/c1-17-13-15-19(16-14-17)23-22-18(2)30-31(21-11-7-4-8-12-21)25(22)29-27(33)24(23)28-26(32)20-9-5-3-6-10-20/h3-16,23-24H,1-2H3,(H,28,32)(H,29,33)/t23-,24+/m1/s1. The van der Waals surface area contributed by atoms with E-state index in [2.05, 4.69) is 10.6 Å². The molecule has 164 valence electrons. The normalized spacial score (nSPS) is 17.2. The molecule has 2 heterocycles. The van der Waals surface area contributed by atoms with Crippen LogP contribution in [0.15, 0.2) is 84.9 Å². The molecule has 2 amide bonds. The van der Waals surface area contributed by atoms with Gasteiger partial charge in [0.1, 0.15) is 11.9 Å². The molecule has 0 spiro atoms. The summed E-state index contributed by atoms with van der Waals surface area (Å²) in [6, 6.07) is 25.9. The average Bonchev–Trinajstić information content (AvgIpc) is 3.17. The summed E-state index contributed by atoms with van der Waals surface area (Å²) in [6.45, 7) is 3.96. The highest BCUT2D eigenvalue weighted by Crippen LogP contribution is 2.40. The van der Waals surface area contributed by atoms with Crippen LogP contribution in [0.1, 0.15) is 38.7 Å². The number of amides is 2. The van der Waals surface area contributed by atoms with Gasteiger partial charge < -0.3 is 10.6 Å². The molecule has 0 radical (unpaired) electrons. The second-order valence-electron chi connectivity index (χ2n) is 8.29. The molecule has 2 N–H and O–H groups in total. The van der Waals surface area contributed by atoms with Gasteiger partial charge in [-0.3, -0.25) is 9.59 Å². The van der Waals surface area contributed by atoms with Gasteiger partial charge in [0.2, 0.25) is 5.91 Å². The third kappa shape index (κ3) is 3.80. The predicted molar refractivity (Wildman–Crippen MR) is 128 cm³/mol. The summed E-state index contributed by atoms with van der Waals surface area (Å²) in [5.41, 5.74) is 5.15. The lowest BCUT2D eigenvalue weighted by Gasteiger charge is -2.33. The molecule has 0 saturated carbocycles. The molecule has 0 aliphatic carbocycles. The molecule has 0 fully saturated rings. The van der Waals surface area contributed by atoms with Crippen LogP contribution in [-0.4, -0.2) is 27.6 Å². The number of rotatable bonds is 4. The Bertz CT molecular complexity index is 1310. The zero-order valence-corrected chi connectivity index (χ0v) is 18.4. The molecule has 3 aromatic carbocycles. The van der Waals surface area contributed by atoms with Crippen LogP contribution in [0.2, 0.25) is 0 Å². The first-order valence-corrected chi connectivity index (χ1v) is 10.9. The van der Waals surface area contributed by atoms with Gasteiger partial charge in [-0.2, -0.15) is 5.10 Å². The van der Waals surface area contributed by atoms with E-state index in [0.717, 1.165) is 28.1 Å². The first-order valence-electron chi connectivity index (χ1n) is 10.9. The number of carbonyl (C=O) groups excluding carboxylic acids is 2. The van der Waals surface area contributed by atoms with E-state index in [9.17, 15) is 9.59 Å². The van der Waals surface area contributed by atoms with Crippen molar-refractivity contribution in [1.29, 1.82) is 0 Å². The maximum atomic E-state index is 13.4. The van der Waals surface area contributed by atoms with Crippen LogP contribution in [0.5, 0.6) is 0 Å². The zero-order valence-electron chi connectivity index (χ0n) is 18.4. The lowest BCUT2D eigenvalue weighted by Crippen LogP contribution is -2.50. The zero-order chi connectivity index (χ0) is 22.9. The van der Waals surface area contributed by atoms with Crippen molar-refractivity contribution in [3.63, 3.8) is 0 Å². The number of benzene rings is 3. The first-order chi connectivity index (χ1) is 16.0. The lowest BCUT2D eigenvalue weighted by atomic mass is 9.81. The van der Waals surface area contributed by atoms with E-state index in [1.165, 1.54) is 0 Å². The minimum Gasteiger partial charge on any atom is -0.339 e. The molecule has 1 aliphatic heterocycles. The number of fused-ring (bicyclic) bond motifs is 1. The van der Waals surface area contributed by atoms with Gasteiger partial charge in [0.15, 0.2) is 0 Å². The molecule has 0 saturated heterocycles. The quantitative estimate of drug-likeness (QED) is 0.499. The van der Waals surface area contributed by atoms with E-state index in [-0.39, 0.29) is 17.7 Å². The molecule has 2 atom stereocenters. The van der Waals surface area contributed by atoms with Crippen LogP contribution in [0.25, 0.3) is 5.69 Å².